The molecule has 2 N–H and O–H groups in total. The second-order valence-electron chi connectivity index (χ2n) is 5.01. The van der Waals surface area contributed by atoms with E-state index >= 15 is 0 Å². The standard InChI is InChI=1S/C16H10BrFN2O3/c1-7-4-12-14(16(21)22-7)13(10(6-19)15(20)23-12)9-3-2-8(17)5-11(9)18/h2-5,13H,20H2,1H3/t13-/m0/s1. The van der Waals surface area contributed by atoms with E-state index in [1.807, 2.05) is 6.07 Å². The number of benzene rings is 1. The molecule has 1 aliphatic rings. The molecule has 0 fully saturated rings. The Morgan fingerprint density at radius 2 is 2.13 bits per heavy atom. The van der Waals surface area contributed by atoms with Gasteiger partial charge in [0.1, 0.15) is 29.0 Å². The lowest BCUT2D eigenvalue weighted by Crippen LogP contribution is -2.26. The van der Waals surface area contributed by atoms with Crippen LogP contribution in [0.3, 0.4) is 0 Å². The molecule has 0 radical (unpaired) electrons. The number of fused-ring (bicyclic) bond motifs is 1. The lowest BCUT2D eigenvalue weighted by molar-refractivity contribution is 0.370. The minimum atomic E-state index is -0.978. The smallest absolute Gasteiger partial charge is 0.343 e. The maximum Gasteiger partial charge on any atom is 0.343 e. The highest BCUT2D eigenvalue weighted by Crippen LogP contribution is 2.41. The Hall–Kier alpha value is -2.59. The summed E-state index contributed by atoms with van der Waals surface area (Å²) in [6.07, 6.45) is 0. The average Bonchev–Trinajstić information content (AvgIpc) is 2.45. The molecular formula is C16H10BrFN2O3. The average molecular weight is 377 g/mol. The third kappa shape index (κ3) is 2.51. The van der Waals surface area contributed by atoms with Crippen molar-refractivity contribution in [1.29, 1.82) is 5.26 Å². The first-order valence-electron chi connectivity index (χ1n) is 6.59. The van der Waals surface area contributed by atoms with Crippen LogP contribution in [0.4, 0.5) is 4.39 Å². The Morgan fingerprint density at radius 3 is 2.78 bits per heavy atom. The zero-order valence-corrected chi connectivity index (χ0v) is 13.5. The molecule has 116 valence electrons. The molecule has 0 spiro atoms. The zero-order valence-electron chi connectivity index (χ0n) is 11.9. The normalized spacial score (nSPS) is 16.5. The van der Waals surface area contributed by atoms with Crippen molar-refractivity contribution in [3.63, 3.8) is 0 Å². The van der Waals surface area contributed by atoms with E-state index in [2.05, 4.69) is 15.9 Å². The van der Waals surface area contributed by atoms with Crippen molar-refractivity contribution in [2.75, 3.05) is 0 Å². The van der Waals surface area contributed by atoms with Gasteiger partial charge in [-0.05, 0) is 19.1 Å². The fourth-order valence-electron chi connectivity index (χ4n) is 2.56. The number of rotatable bonds is 1. The molecule has 0 unspecified atom stereocenters. The molecule has 5 nitrogen and oxygen atoms in total. The summed E-state index contributed by atoms with van der Waals surface area (Å²) in [5.74, 6) is -1.21. The van der Waals surface area contributed by atoms with Gasteiger partial charge in [-0.15, -0.1) is 0 Å². The van der Waals surface area contributed by atoms with Crippen LogP contribution in [-0.4, -0.2) is 0 Å². The SMILES string of the molecule is Cc1cc2c(c(=O)o1)[C@@H](c1ccc(Br)cc1F)C(C#N)=C(N)O2. The summed E-state index contributed by atoms with van der Waals surface area (Å²) in [4.78, 5) is 12.3. The van der Waals surface area contributed by atoms with Crippen LogP contribution >= 0.6 is 15.9 Å². The van der Waals surface area contributed by atoms with Gasteiger partial charge in [0.2, 0.25) is 5.88 Å². The lowest BCUT2D eigenvalue weighted by Gasteiger charge is -2.25. The van der Waals surface area contributed by atoms with Gasteiger partial charge >= 0.3 is 5.63 Å². The van der Waals surface area contributed by atoms with Crippen molar-refractivity contribution < 1.29 is 13.5 Å². The van der Waals surface area contributed by atoms with Gasteiger partial charge in [0, 0.05) is 16.1 Å². The maximum absolute atomic E-state index is 14.4. The van der Waals surface area contributed by atoms with Crippen LogP contribution in [0.1, 0.15) is 22.8 Å². The molecule has 1 aliphatic heterocycles. The Morgan fingerprint density at radius 1 is 1.39 bits per heavy atom. The molecular weight excluding hydrogens is 367 g/mol. The predicted molar refractivity (Wildman–Crippen MR) is 83.1 cm³/mol. The monoisotopic (exact) mass is 376 g/mol. The Labute approximate surface area is 138 Å². The number of aryl methyl sites for hydroxylation is 1. The minimum Gasteiger partial charge on any atom is -0.440 e. The first-order valence-corrected chi connectivity index (χ1v) is 7.39. The van der Waals surface area contributed by atoms with E-state index in [0.29, 0.717) is 10.2 Å². The predicted octanol–water partition coefficient (Wildman–Crippen LogP) is 3.07. The van der Waals surface area contributed by atoms with E-state index in [0.717, 1.165) is 0 Å². The molecule has 1 aromatic heterocycles. The highest BCUT2D eigenvalue weighted by Gasteiger charge is 2.35. The first kappa shape index (κ1) is 15.3. The molecule has 0 saturated heterocycles. The molecule has 0 aliphatic carbocycles. The third-order valence-corrected chi connectivity index (χ3v) is 4.02. The van der Waals surface area contributed by atoms with Crippen LogP contribution in [0.2, 0.25) is 0 Å². The van der Waals surface area contributed by atoms with Crippen LogP contribution in [-0.2, 0) is 0 Å². The van der Waals surface area contributed by atoms with Gasteiger partial charge in [0.15, 0.2) is 0 Å². The van der Waals surface area contributed by atoms with Crippen molar-refractivity contribution in [2.45, 2.75) is 12.8 Å². The van der Waals surface area contributed by atoms with Crippen LogP contribution < -0.4 is 16.1 Å². The summed E-state index contributed by atoms with van der Waals surface area (Å²) in [5.41, 5.74) is 5.27. The molecule has 1 aromatic carbocycles. The summed E-state index contributed by atoms with van der Waals surface area (Å²) in [6, 6.07) is 7.75. The number of nitriles is 1. The molecule has 0 amide bonds. The number of hydrogen-bond acceptors (Lipinski definition) is 5. The number of nitrogens with zero attached hydrogens (tertiary/aromatic N) is 1. The van der Waals surface area contributed by atoms with Crippen molar-refractivity contribution >= 4 is 15.9 Å². The van der Waals surface area contributed by atoms with Gasteiger partial charge < -0.3 is 14.9 Å². The van der Waals surface area contributed by atoms with E-state index in [1.54, 1.807) is 13.0 Å². The molecule has 0 bridgehead atoms. The van der Waals surface area contributed by atoms with Gasteiger partial charge in [0.25, 0.3) is 0 Å². The number of allylic oxidation sites excluding steroid dienone is 1. The van der Waals surface area contributed by atoms with Crippen LogP contribution in [0.15, 0.2) is 49.4 Å². The summed E-state index contributed by atoms with van der Waals surface area (Å²) in [7, 11) is 0. The molecule has 1 atom stereocenters. The zero-order chi connectivity index (χ0) is 16.7. The van der Waals surface area contributed by atoms with Crippen molar-refractivity contribution in [1.82, 2.24) is 0 Å². The third-order valence-electron chi connectivity index (χ3n) is 3.53. The Bertz CT molecular complexity index is 943. The summed E-state index contributed by atoms with van der Waals surface area (Å²) < 4.78 is 25.4. The van der Waals surface area contributed by atoms with E-state index < -0.39 is 17.4 Å². The van der Waals surface area contributed by atoms with Gasteiger partial charge in [-0.2, -0.15) is 5.26 Å². The molecule has 3 rings (SSSR count). The van der Waals surface area contributed by atoms with Crippen molar-refractivity contribution in [2.24, 2.45) is 5.73 Å². The quantitative estimate of drug-likeness (QED) is 0.825. The van der Waals surface area contributed by atoms with Crippen molar-refractivity contribution in [3.05, 3.63) is 73.3 Å². The number of hydrogen-bond donors (Lipinski definition) is 1. The van der Waals surface area contributed by atoms with Crippen LogP contribution in [0.25, 0.3) is 0 Å². The second kappa shape index (κ2) is 5.56. The van der Waals surface area contributed by atoms with Gasteiger partial charge in [-0.1, -0.05) is 22.0 Å². The van der Waals surface area contributed by atoms with Crippen LogP contribution in [0, 0.1) is 24.1 Å². The topological polar surface area (TPSA) is 89.2 Å². The molecule has 7 heteroatoms. The van der Waals surface area contributed by atoms with Gasteiger partial charge in [0.05, 0.1) is 11.5 Å². The highest BCUT2D eigenvalue weighted by molar-refractivity contribution is 9.10. The molecule has 2 aromatic rings. The maximum atomic E-state index is 14.4. The van der Waals surface area contributed by atoms with E-state index in [4.69, 9.17) is 14.9 Å². The van der Waals surface area contributed by atoms with Crippen molar-refractivity contribution in [3.8, 4) is 11.8 Å². The minimum absolute atomic E-state index is 0.0325. The molecule has 0 saturated carbocycles. The Balaban J connectivity index is 2.34. The lowest BCUT2D eigenvalue weighted by atomic mass is 9.84. The van der Waals surface area contributed by atoms with E-state index in [-0.39, 0.29) is 28.3 Å². The molecule has 2 heterocycles. The summed E-state index contributed by atoms with van der Waals surface area (Å²) in [5, 5.41) is 9.38. The van der Waals surface area contributed by atoms with Gasteiger partial charge in [-0.3, -0.25) is 0 Å². The number of ether oxygens (including phenoxy) is 1. The Kier molecular flexibility index (Phi) is 3.70. The number of halogens is 2. The highest BCUT2D eigenvalue weighted by atomic mass is 79.9. The second-order valence-corrected chi connectivity index (χ2v) is 5.93. The summed E-state index contributed by atoms with van der Waals surface area (Å²) in [6.45, 7) is 1.58. The fraction of sp³-hybridized carbons (Fsp3) is 0.125. The fourth-order valence-corrected chi connectivity index (χ4v) is 2.90. The molecule has 23 heavy (non-hydrogen) atoms. The van der Waals surface area contributed by atoms with E-state index in [1.165, 1.54) is 18.2 Å². The number of nitrogens with two attached hydrogens (primary N) is 1. The summed E-state index contributed by atoms with van der Waals surface area (Å²) >= 11 is 3.17. The van der Waals surface area contributed by atoms with Gasteiger partial charge in [-0.25, -0.2) is 9.18 Å². The first-order chi connectivity index (χ1) is 10.9. The van der Waals surface area contributed by atoms with Crippen LogP contribution in [0.5, 0.6) is 5.75 Å². The van der Waals surface area contributed by atoms with E-state index in [9.17, 15) is 14.4 Å². The largest absolute Gasteiger partial charge is 0.440 e.